The molecule has 0 saturated heterocycles. The van der Waals surface area contributed by atoms with Crippen LogP contribution in [0.2, 0.25) is 0 Å². The molecule has 1 aromatic rings. The summed E-state index contributed by atoms with van der Waals surface area (Å²) in [7, 11) is 2.02. The molecule has 2 fully saturated rings. The number of nitrogens with zero attached hydrogens (tertiary/aromatic N) is 4. The Hall–Kier alpha value is -1.65. The molecular weight excluding hydrogens is 238 g/mol. The van der Waals surface area contributed by atoms with Gasteiger partial charge in [-0.15, -0.1) is 0 Å². The lowest BCUT2D eigenvalue weighted by atomic mass is 10.2. The van der Waals surface area contributed by atoms with Gasteiger partial charge in [-0.25, -0.2) is 9.97 Å². The van der Waals surface area contributed by atoms with Crippen LogP contribution < -0.4 is 5.73 Å². The van der Waals surface area contributed by atoms with Crippen LogP contribution in [0.3, 0.4) is 0 Å². The Morgan fingerprint density at radius 3 is 2.58 bits per heavy atom. The summed E-state index contributed by atoms with van der Waals surface area (Å²) in [5, 5.41) is 0. The molecule has 1 heterocycles. The van der Waals surface area contributed by atoms with Crippen molar-refractivity contribution in [1.29, 1.82) is 0 Å². The molecule has 2 N–H and O–H groups in total. The average Bonchev–Trinajstić information content (AvgIpc) is 3.31. The highest BCUT2D eigenvalue weighted by Crippen LogP contribution is 2.37. The van der Waals surface area contributed by atoms with Crippen LogP contribution in [-0.2, 0) is 6.42 Å². The normalized spacial score (nSPS) is 19.5. The minimum atomic E-state index is 0.616. The molecule has 1 aromatic heterocycles. The summed E-state index contributed by atoms with van der Waals surface area (Å²) in [6.45, 7) is 0.703. The van der Waals surface area contributed by atoms with Crippen LogP contribution in [0.1, 0.15) is 43.0 Å². The third-order valence-corrected chi connectivity index (χ3v) is 3.80. The van der Waals surface area contributed by atoms with Crippen molar-refractivity contribution in [3.8, 4) is 0 Å². The van der Waals surface area contributed by atoms with Crippen molar-refractivity contribution in [2.24, 2.45) is 10.7 Å². The van der Waals surface area contributed by atoms with E-state index in [-0.39, 0.29) is 0 Å². The Labute approximate surface area is 114 Å². The molecule has 0 unspecified atom stereocenters. The fourth-order valence-corrected chi connectivity index (χ4v) is 2.11. The van der Waals surface area contributed by atoms with Crippen LogP contribution in [0.25, 0.3) is 0 Å². The molecule has 0 atom stereocenters. The molecule has 2 saturated carbocycles. The zero-order chi connectivity index (χ0) is 13.2. The van der Waals surface area contributed by atoms with Crippen LogP contribution in [-0.4, -0.2) is 40.5 Å². The molecule has 5 nitrogen and oxygen atoms in total. The summed E-state index contributed by atoms with van der Waals surface area (Å²) >= 11 is 0. The van der Waals surface area contributed by atoms with E-state index in [0.29, 0.717) is 24.5 Å². The van der Waals surface area contributed by atoms with E-state index in [1.54, 1.807) is 0 Å². The van der Waals surface area contributed by atoms with Gasteiger partial charge >= 0.3 is 0 Å². The number of nitrogens with two attached hydrogens (primary N) is 1. The summed E-state index contributed by atoms with van der Waals surface area (Å²) < 4.78 is 0. The van der Waals surface area contributed by atoms with Gasteiger partial charge in [0.15, 0.2) is 5.96 Å². The first-order valence-electron chi connectivity index (χ1n) is 7.07. The lowest BCUT2D eigenvalue weighted by molar-refractivity contribution is 0.487. The van der Waals surface area contributed by atoms with E-state index in [9.17, 15) is 0 Å². The van der Waals surface area contributed by atoms with Gasteiger partial charge in [0.2, 0.25) is 0 Å². The largest absolute Gasteiger partial charge is 0.370 e. The van der Waals surface area contributed by atoms with Gasteiger partial charge in [-0.1, -0.05) is 0 Å². The fraction of sp³-hybridized carbons (Fsp3) is 0.643. The summed E-state index contributed by atoms with van der Waals surface area (Å²) in [6.07, 6.45) is 9.67. The number of hydrogen-bond acceptors (Lipinski definition) is 3. The van der Waals surface area contributed by atoms with Crippen molar-refractivity contribution in [3.63, 3.8) is 0 Å². The van der Waals surface area contributed by atoms with Gasteiger partial charge in [0, 0.05) is 37.9 Å². The van der Waals surface area contributed by atoms with Crippen LogP contribution in [0, 0.1) is 0 Å². The Bertz CT molecular complexity index is 459. The van der Waals surface area contributed by atoms with Crippen molar-refractivity contribution in [2.75, 3.05) is 13.6 Å². The van der Waals surface area contributed by atoms with Crippen LogP contribution >= 0.6 is 0 Å². The van der Waals surface area contributed by atoms with E-state index >= 15 is 0 Å². The highest BCUT2D eigenvalue weighted by molar-refractivity contribution is 5.78. The molecule has 3 rings (SSSR count). The summed E-state index contributed by atoms with van der Waals surface area (Å²) in [6, 6.07) is 0.616. The summed E-state index contributed by atoms with van der Waals surface area (Å²) in [4.78, 5) is 15.3. The zero-order valence-electron chi connectivity index (χ0n) is 11.4. The first-order valence-corrected chi connectivity index (χ1v) is 7.07. The third-order valence-electron chi connectivity index (χ3n) is 3.80. The van der Waals surface area contributed by atoms with E-state index in [4.69, 9.17) is 5.73 Å². The SMILES string of the molecule is CN(C(N)=NCCc1cnc(C2CC2)nc1)C1CC1. The second-order valence-corrected chi connectivity index (χ2v) is 5.56. The van der Waals surface area contributed by atoms with E-state index in [0.717, 1.165) is 17.8 Å². The van der Waals surface area contributed by atoms with Crippen molar-refractivity contribution in [2.45, 2.75) is 44.1 Å². The summed E-state index contributed by atoms with van der Waals surface area (Å²) in [5.74, 6) is 2.27. The molecule has 5 heteroatoms. The fourth-order valence-electron chi connectivity index (χ4n) is 2.11. The molecule has 0 aromatic carbocycles. The van der Waals surface area contributed by atoms with Crippen molar-refractivity contribution >= 4 is 5.96 Å². The molecule has 19 heavy (non-hydrogen) atoms. The maximum atomic E-state index is 5.94. The van der Waals surface area contributed by atoms with Crippen LogP contribution in [0.4, 0.5) is 0 Å². The molecule has 102 valence electrons. The number of hydrogen-bond donors (Lipinski definition) is 1. The van der Waals surface area contributed by atoms with Crippen LogP contribution in [0.15, 0.2) is 17.4 Å². The zero-order valence-corrected chi connectivity index (χ0v) is 11.4. The van der Waals surface area contributed by atoms with Crippen molar-refractivity contribution in [1.82, 2.24) is 14.9 Å². The smallest absolute Gasteiger partial charge is 0.191 e. The van der Waals surface area contributed by atoms with E-state index in [2.05, 4.69) is 19.9 Å². The maximum absolute atomic E-state index is 5.94. The second-order valence-electron chi connectivity index (χ2n) is 5.56. The highest BCUT2D eigenvalue weighted by atomic mass is 15.3. The number of aliphatic imine (C=N–C) groups is 1. The second kappa shape index (κ2) is 5.15. The first-order chi connectivity index (χ1) is 9.24. The van der Waals surface area contributed by atoms with Crippen molar-refractivity contribution < 1.29 is 0 Å². The molecule has 0 amide bonds. The number of aromatic nitrogens is 2. The quantitative estimate of drug-likeness (QED) is 0.639. The number of guanidine groups is 1. The van der Waals surface area contributed by atoms with Gasteiger partial charge in [-0.2, -0.15) is 0 Å². The lowest BCUT2D eigenvalue weighted by Gasteiger charge is -2.16. The van der Waals surface area contributed by atoms with E-state index < -0.39 is 0 Å². The lowest BCUT2D eigenvalue weighted by Crippen LogP contribution is -2.35. The van der Waals surface area contributed by atoms with Gasteiger partial charge < -0.3 is 10.6 Å². The molecular formula is C14H21N5. The monoisotopic (exact) mass is 259 g/mol. The van der Waals surface area contributed by atoms with Gasteiger partial charge in [0.25, 0.3) is 0 Å². The molecule has 0 spiro atoms. The predicted octanol–water partition coefficient (Wildman–Crippen LogP) is 1.31. The summed E-state index contributed by atoms with van der Waals surface area (Å²) in [5.41, 5.74) is 7.07. The van der Waals surface area contributed by atoms with E-state index in [1.807, 2.05) is 19.4 Å². The first kappa shape index (κ1) is 12.4. The Kier molecular flexibility index (Phi) is 3.36. The third kappa shape index (κ3) is 3.22. The Balaban J connectivity index is 1.49. The van der Waals surface area contributed by atoms with E-state index in [1.165, 1.54) is 25.7 Å². The maximum Gasteiger partial charge on any atom is 0.191 e. The van der Waals surface area contributed by atoms with Gasteiger partial charge in [0.05, 0.1) is 0 Å². The highest BCUT2D eigenvalue weighted by Gasteiger charge is 2.27. The molecule has 2 aliphatic rings. The molecule has 2 aliphatic carbocycles. The predicted molar refractivity (Wildman–Crippen MR) is 75.0 cm³/mol. The van der Waals surface area contributed by atoms with Crippen LogP contribution in [0.5, 0.6) is 0 Å². The molecule has 0 radical (unpaired) electrons. The Morgan fingerprint density at radius 1 is 1.32 bits per heavy atom. The number of rotatable bonds is 5. The Morgan fingerprint density at radius 2 is 2.00 bits per heavy atom. The topological polar surface area (TPSA) is 67.4 Å². The molecule has 0 aliphatic heterocycles. The van der Waals surface area contributed by atoms with Gasteiger partial charge in [0.1, 0.15) is 5.82 Å². The standard InChI is InChI=1S/C14H21N5/c1-19(12-4-5-12)14(15)16-7-6-10-8-17-13(18-9-10)11-2-3-11/h8-9,11-12H,2-7H2,1H3,(H2,15,16). The van der Waals surface area contributed by atoms with Crippen molar-refractivity contribution in [3.05, 3.63) is 23.8 Å². The minimum Gasteiger partial charge on any atom is -0.370 e. The minimum absolute atomic E-state index is 0.616. The van der Waals surface area contributed by atoms with Gasteiger partial charge in [-0.05, 0) is 37.7 Å². The average molecular weight is 259 g/mol. The van der Waals surface area contributed by atoms with Gasteiger partial charge in [-0.3, -0.25) is 4.99 Å². The molecule has 0 bridgehead atoms.